The third-order valence-electron chi connectivity index (χ3n) is 4.18. The molecule has 2 rings (SSSR count). The first-order chi connectivity index (χ1) is 9.46. The summed E-state index contributed by atoms with van der Waals surface area (Å²) in [5.74, 6) is 1.11. The van der Waals surface area contributed by atoms with Gasteiger partial charge >= 0.3 is 0 Å². The summed E-state index contributed by atoms with van der Waals surface area (Å²) < 4.78 is 0. The number of benzene rings is 1. The average molecular weight is 296 g/mol. The van der Waals surface area contributed by atoms with E-state index < -0.39 is 0 Å². The zero-order valence-corrected chi connectivity index (χ0v) is 12.8. The van der Waals surface area contributed by atoms with Crippen LogP contribution in [0.2, 0.25) is 0 Å². The highest BCUT2D eigenvalue weighted by atomic mass is 35.5. The molecule has 0 spiro atoms. The van der Waals surface area contributed by atoms with Gasteiger partial charge in [-0.3, -0.25) is 4.79 Å². The molecule has 1 aromatic carbocycles. The maximum absolute atomic E-state index is 12.5. The van der Waals surface area contributed by atoms with Crippen molar-refractivity contribution in [1.29, 1.82) is 0 Å². The molecule has 1 aromatic rings. The second-order valence-electron chi connectivity index (χ2n) is 6.07. The van der Waals surface area contributed by atoms with Gasteiger partial charge in [0.2, 0.25) is 0 Å². The Morgan fingerprint density at radius 2 is 2.30 bits per heavy atom. The number of alkyl halides is 1. The Hall–Kier alpha value is -1.22. The van der Waals surface area contributed by atoms with Gasteiger partial charge in [-0.05, 0) is 49.4 Å². The molecule has 20 heavy (non-hydrogen) atoms. The van der Waals surface area contributed by atoms with E-state index in [0.29, 0.717) is 17.4 Å². The second kappa shape index (κ2) is 6.04. The summed E-state index contributed by atoms with van der Waals surface area (Å²) in [5.41, 5.74) is 1.09. The number of aryl methyl sites for hydroxylation is 1. The van der Waals surface area contributed by atoms with Crippen molar-refractivity contribution < 1.29 is 9.90 Å². The van der Waals surface area contributed by atoms with Gasteiger partial charge in [-0.25, -0.2) is 0 Å². The highest BCUT2D eigenvalue weighted by molar-refractivity contribution is 6.19. The minimum absolute atomic E-state index is 0.0998. The minimum atomic E-state index is -0.291. The molecule has 0 radical (unpaired) electrons. The predicted molar refractivity (Wildman–Crippen MR) is 81.4 cm³/mol. The van der Waals surface area contributed by atoms with E-state index in [1.807, 2.05) is 6.92 Å². The first-order valence-corrected chi connectivity index (χ1v) is 7.67. The summed E-state index contributed by atoms with van der Waals surface area (Å²) in [7, 11) is 0. The lowest BCUT2D eigenvalue weighted by Gasteiger charge is -2.39. The second-order valence-corrected chi connectivity index (χ2v) is 6.34. The maximum atomic E-state index is 12.5. The van der Waals surface area contributed by atoms with Crippen LogP contribution in [0.3, 0.4) is 0 Å². The van der Waals surface area contributed by atoms with Gasteiger partial charge in [-0.1, -0.05) is 19.8 Å². The van der Waals surface area contributed by atoms with E-state index in [0.717, 1.165) is 24.8 Å². The van der Waals surface area contributed by atoms with Crippen LogP contribution in [0, 0.1) is 12.8 Å². The molecular weight excluding hydrogens is 274 g/mol. The molecule has 1 aliphatic carbocycles. The van der Waals surface area contributed by atoms with E-state index in [4.69, 9.17) is 11.6 Å². The van der Waals surface area contributed by atoms with Crippen LogP contribution in [0.25, 0.3) is 0 Å². The van der Waals surface area contributed by atoms with Gasteiger partial charge in [0.1, 0.15) is 5.75 Å². The first kappa shape index (κ1) is 15.2. The number of rotatable bonds is 3. The number of halogens is 1. The first-order valence-electron chi connectivity index (χ1n) is 7.14. The van der Waals surface area contributed by atoms with Gasteiger partial charge in [-0.15, -0.1) is 11.6 Å². The molecule has 2 N–H and O–H groups in total. The van der Waals surface area contributed by atoms with Crippen molar-refractivity contribution in [3.63, 3.8) is 0 Å². The molecular formula is C16H22ClNO2. The van der Waals surface area contributed by atoms with Crippen LogP contribution >= 0.6 is 11.6 Å². The average Bonchev–Trinajstić information content (AvgIpc) is 2.38. The summed E-state index contributed by atoms with van der Waals surface area (Å²) in [5, 5.41) is 12.6. The van der Waals surface area contributed by atoms with Crippen LogP contribution in [0.5, 0.6) is 5.75 Å². The number of phenolic OH excluding ortho intramolecular Hbond substituents is 1. The topological polar surface area (TPSA) is 49.3 Å². The summed E-state index contributed by atoms with van der Waals surface area (Å²) in [6.07, 6.45) is 4.17. The number of nitrogens with one attached hydrogen (secondary N) is 1. The molecule has 2 atom stereocenters. The van der Waals surface area contributed by atoms with E-state index in [2.05, 4.69) is 12.2 Å². The Morgan fingerprint density at radius 3 is 2.90 bits per heavy atom. The molecule has 0 heterocycles. The largest absolute Gasteiger partial charge is 0.508 e. The molecule has 0 bridgehead atoms. The van der Waals surface area contributed by atoms with Crippen LogP contribution in [0.1, 0.15) is 48.5 Å². The smallest absolute Gasteiger partial charge is 0.252 e. The maximum Gasteiger partial charge on any atom is 0.252 e. The third kappa shape index (κ3) is 3.26. The van der Waals surface area contributed by atoms with E-state index in [1.165, 1.54) is 6.42 Å². The quantitative estimate of drug-likeness (QED) is 0.837. The minimum Gasteiger partial charge on any atom is -0.508 e. The standard InChI is InChI=1S/C16H22ClNO2/c1-11-4-3-7-16(9-11,10-17)18-15(20)14-6-5-13(19)8-12(14)2/h5-6,8,11,19H,3-4,7,9-10H2,1-2H3,(H,18,20). The van der Waals surface area contributed by atoms with E-state index >= 15 is 0 Å². The molecule has 1 saturated carbocycles. The lowest BCUT2D eigenvalue weighted by Crippen LogP contribution is -2.52. The van der Waals surface area contributed by atoms with Crippen molar-refractivity contribution >= 4 is 17.5 Å². The fourth-order valence-electron chi connectivity index (χ4n) is 3.14. The number of hydrogen-bond donors (Lipinski definition) is 2. The molecule has 1 fully saturated rings. The van der Waals surface area contributed by atoms with Gasteiger partial charge < -0.3 is 10.4 Å². The Labute approximate surface area is 125 Å². The molecule has 0 aromatic heterocycles. The van der Waals surface area contributed by atoms with Crippen LogP contribution in [-0.2, 0) is 0 Å². The number of hydrogen-bond acceptors (Lipinski definition) is 2. The van der Waals surface area contributed by atoms with Gasteiger partial charge in [0.15, 0.2) is 0 Å². The SMILES string of the molecule is Cc1cc(O)ccc1C(=O)NC1(CCl)CCCC(C)C1. The van der Waals surface area contributed by atoms with Crippen LogP contribution in [0.15, 0.2) is 18.2 Å². The molecule has 2 unspecified atom stereocenters. The normalized spacial score (nSPS) is 26.2. The summed E-state index contributed by atoms with van der Waals surface area (Å²) >= 11 is 6.14. The number of phenols is 1. The molecule has 0 saturated heterocycles. The van der Waals surface area contributed by atoms with Crippen molar-refractivity contribution in [3.8, 4) is 5.75 Å². The van der Waals surface area contributed by atoms with Crippen LogP contribution in [0.4, 0.5) is 0 Å². The molecule has 3 nitrogen and oxygen atoms in total. The molecule has 110 valence electrons. The Kier molecular flexibility index (Phi) is 4.59. The lowest BCUT2D eigenvalue weighted by atomic mass is 9.77. The monoisotopic (exact) mass is 295 g/mol. The summed E-state index contributed by atoms with van der Waals surface area (Å²) in [4.78, 5) is 12.5. The van der Waals surface area contributed by atoms with Crippen molar-refractivity contribution in [2.45, 2.75) is 45.1 Å². The Morgan fingerprint density at radius 1 is 1.55 bits per heavy atom. The third-order valence-corrected chi connectivity index (χ3v) is 4.69. The molecule has 1 amide bonds. The van der Waals surface area contributed by atoms with Gasteiger partial charge in [0, 0.05) is 11.4 Å². The highest BCUT2D eigenvalue weighted by Gasteiger charge is 2.35. The summed E-state index contributed by atoms with van der Waals surface area (Å²) in [6.45, 7) is 4.03. The van der Waals surface area contributed by atoms with Gasteiger partial charge in [0.05, 0.1) is 5.54 Å². The number of amides is 1. The fraction of sp³-hybridized carbons (Fsp3) is 0.562. The van der Waals surface area contributed by atoms with Crippen molar-refractivity contribution in [2.24, 2.45) is 5.92 Å². The Bertz CT molecular complexity index is 503. The van der Waals surface area contributed by atoms with Crippen molar-refractivity contribution in [1.82, 2.24) is 5.32 Å². The fourth-order valence-corrected chi connectivity index (χ4v) is 3.45. The number of carbonyl (C=O) groups is 1. The molecule has 1 aliphatic rings. The highest BCUT2D eigenvalue weighted by Crippen LogP contribution is 2.33. The van der Waals surface area contributed by atoms with Gasteiger partial charge in [-0.2, -0.15) is 0 Å². The zero-order chi connectivity index (χ0) is 14.8. The van der Waals surface area contributed by atoms with E-state index in [-0.39, 0.29) is 17.2 Å². The molecule has 4 heteroatoms. The number of aromatic hydroxyl groups is 1. The number of carbonyl (C=O) groups excluding carboxylic acids is 1. The Balaban J connectivity index is 2.16. The van der Waals surface area contributed by atoms with Crippen molar-refractivity contribution in [2.75, 3.05) is 5.88 Å². The van der Waals surface area contributed by atoms with Crippen LogP contribution < -0.4 is 5.32 Å². The summed E-state index contributed by atoms with van der Waals surface area (Å²) in [6, 6.07) is 4.80. The lowest BCUT2D eigenvalue weighted by molar-refractivity contribution is 0.0866. The molecule has 0 aliphatic heterocycles. The van der Waals surface area contributed by atoms with E-state index in [9.17, 15) is 9.90 Å². The van der Waals surface area contributed by atoms with E-state index in [1.54, 1.807) is 18.2 Å². The zero-order valence-electron chi connectivity index (χ0n) is 12.1. The van der Waals surface area contributed by atoms with Crippen molar-refractivity contribution in [3.05, 3.63) is 29.3 Å². The predicted octanol–water partition coefficient (Wildman–Crippen LogP) is 3.62. The van der Waals surface area contributed by atoms with Crippen LogP contribution in [-0.4, -0.2) is 22.4 Å². The van der Waals surface area contributed by atoms with Gasteiger partial charge in [0.25, 0.3) is 5.91 Å².